The lowest BCUT2D eigenvalue weighted by Crippen LogP contribution is -2.28. The van der Waals surface area contributed by atoms with Gasteiger partial charge in [-0.25, -0.2) is 8.42 Å². The van der Waals surface area contributed by atoms with Crippen LogP contribution >= 0.6 is 0 Å². The maximum atomic E-state index is 13.2. The fourth-order valence-electron chi connectivity index (χ4n) is 2.87. The summed E-state index contributed by atoms with van der Waals surface area (Å²) in [5.41, 5.74) is 0.903. The highest BCUT2D eigenvalue weighted by molar-refractivity contribution is 7.90. The van der Waals surface area contributed by atoms with E-state index in [-0.39, 0.29) is 29.1 Å². The van der Waals surface area contributed by atoms with Gasteiger partial charge in [-0.05, 0) is 35.9 Å². The first-order valence-electron chi connectivity index (χ1n) is 9.08. The molecule has 2 aromatic heterocycles. The Morgan fingerprint density at radius 2 is 1.77 bits per heavy atom. The third-order valence-electron chi connectivity index (χ3n) is 4.36. The molecule has 1 aromatic carbocycles. The molecule has 2 heterocycles. The number of alkyl halides is 3. The van der Waals surface area contributed by atoms with Gasteiger partial charge < -0.3 is 5.32 Å². The van der Waals surface area contributed by atoms with Crippen LogP contribution in [0.4, 0.5) is 13.2 Å². The molecule has 3 rings (SSSR count). The minimum absolute atomic E-state index is 0.0718. The van der Waals surface area contributed by atoms with Crippen molar-refractivity contribution in [3.63, 3.8) is 0 Å². The Balaban J connectivity index is 2.02. The minimum Gasteiger partial charge on any atom is -0.351 e. The van der Waals surface area contributed by atoms with Crippen LogP contribution in [0.2, 0.25) is 0 Å². The number of nitrogens with zero attached hydrogens (tertiary/aromatic N) is 2. The number of aromatic nitrogens is 2. The summed E-state index contributed by atoms with van der Waals surface area (Å²) in [5.74, 6) is -0.756. The van der Waals surface area contributed by atoms with Crippen LogP contribution in [0.3, 0.4) is 0 Å². The van der Waals surface area contributed by atoms with Gasteiger partial charge in [-0.15, -0.1) is 0 Å². The Labute approximate surface area is 177 Å². The molecule has 0 aliphatic carbocycles. The van der Waals surface area contributed by atoms with Crippen molar-refractivity contribution >= 4 is 15.7 Å². The van der Waals surface area contributed by atoms with Gasteiger partial charge in [-0.2, -0.15) is 13.2 Å². The molecule has 1 amide bonds. The van der Waals surface area contributed by atoms with E-state index < -0.39 is 27.5 Å². The number of benzene rings is 1. The first kappa shape index (κ1) is 22.4. The van der Waals surface area contributed by atoms with Gasteiger partial charge in [0.2, 0.25) is 0 Å². The topological polar surface area (TPSA) is 89.0 Å². The third kappa shape index (κ3) is 5.88. The molecular formula is C21H18F3N3O3S. The number of hydrogen-bond acceptors (Lipinski definition) is 5. The molecule has 1 N–H and O–H groups in total. The molecule has 0 spiro atoms. The van der Waals surface area contributed by atoms with E-state index in [1.807, 2.05) is 0 Å². The number of hydrogen-bond donors (Lipinski definition) is 1. The van der Waals surface area contributed by atoms with Crippen molar-refractivity contribution in [1.82, 2.24) is 15.3 Å². The minimum atomic E-state index is -4.51. The second-order valence-corrected chi connectivity index (χ2v) is 9.08. The van der Waals surface area contributed by atoms with Crippen LogP contribution < -0.4 is 5.32 Å². The van der Waals surface area contributed by atoms with Gasteiger partial charge in [0.05, 0.1) is 22.6 Å². The number of nitrogens with one attached hydrogen (secondary N) is 1. The largest absolute Gasteiger partial charge is 0.416 e. The molecule has 0 fully saturated rings. The summed E-state index contributed by atoms with van der Waals surface area (Å²) in [6.45, 7) is -0.0718. The summed E-state index contributed by atoms with van der Waals surface area (Å²) in [4.78, 5) is 20.6. The van der Waals surface area contributed by atoms with E-state index in [0.29, 0.717) is 11.1 Å². The Hall–Kier alpha value is -3.27. The van der Waals surface area contributed by atoms with Gasteiger partial charge in [-0.1, -0.05) is 12.1 Å². The van der Waals surface area contributed by atoms with E-state index in [1.165, 1.54) is 36.8 Å². The molecule has 0 saturated carbocycles. The third-order valence-corrected chi connectivity index (χ3v) is 5.31. The van der Waals surface area contributed by atoms with Crippen molar-refractivity contribution in [3.8, 4) is 22.4 Å². The number of carbonyl (C=O) groups excluding carboxylic acids is 1. The summed E-state index contributed by atoms with van der Waals surface area (Å²) in [6.07, 6.45) is 0.836. The summed E-state index contributed by atoms with van der Waals surface area (Å²) < 4.78 is 61.9. The van der Waals surface area contributed by atoms with Crippen molar-refractivity contribution in [2.75, 3.05) is 18.6 Å². The lowest BCUT2D eigenvalue weighted by Gasteiger charge is -2.13. The van der Waals surface area contributed by atoms with Crippen molar-refractivity contribution in [3.05, 3.63) is 72.2 Å². The number of amides is 1. The smallest absolute Gasteiger partial charge is 0.351 e. The zero-order valence-corrected chi connectivity index (χ0v) is 17.2. The average molecular weight is 449 g/mol. The monoisotopic (exact) mass is 449 g/mol. The molecule has 0 aliphatic rings. The summed E-state index contributed by atoms with van der Waals surface area (Å²) in [5, 5.41) is 2.50. The van der Waals surface area contributed by atoms with Crippen LogP contribution in [-0.2, 0) is 16.0 Å². The van der Waals surface area contributed by atoms with Crippen molar-refractivity contribution in [1.29, 1.82) is 0 Å². The zero-order chi connectivity index (χ0) is 22.6. The quantitative estimate of drug-likeness (QED) is 0.621. The van der Waals surface area contributed by atoms with Gasteiger partial charge in [0.25, 0.3) is 5.91 Å². The van der Waals surface area contributed by atoms with E-state index >= 15 is 0 Å². The molecule has 0 unspecified atom stereocenters. The van der Waals surface area contributed by atoms with Gasteiger partial charge in [-0.3, -0.25) is 14.8 Å². The Morgan fingerprint density at radius 3 is 2.42 bits per heavy atom. The van der Waals surface area contributed by atoms with Crippen LogP contribution in [0.1, 0.15) is 15.9 Å². The molecule has 0 atom stereocenters. The molecule has 3 aromatic rings. The van der Waals surface area contributed by atoms with Gasteiger partial charge >= 0.3 is 6.18 Å². The van der Waals surface area contributed by atoms with Crippen LogP contribution in [0, 0.1) is 0 Å². The molecule has 0 radical (unpaired) electrons. The highest BCUT2D eigenvalue weighted by Crippen LogP contribution is 2.35. The molecule has 0 aliphatic heterocycles. The molecule has 6 nitrogen and oxygen atoms in total. The summed E-state index contributed by atoms with van der Waals surface area (Å²) in [7, 11) is -3.24. The lowest BCUT2D eigenvalue weighted by atomic mass is 9.97. The fraction of sp³-hybridized carbons (Fsp3) is 0.190. The number of carbonyl (C=O) groups is 1. The van der Waals surface area contributed by atoms with E-state index in [0.717, 1.165) is 18.4 Å². The van der Waals surface area contributed by atoms with Crippen LogP contribution in [0.25, 0.3) is 22.4 Å². The second-order valence-electron chi connectivity index (χ2n) is 6.82. The second kappa shape index (κ2) is 8.84. The molecule has 31 heavy (non-hydrogen) atoms. The summed E-state index contributed by atoms with van der Waals surface area (Å²) >= 11 is 0. The van der Waals surface area contributed by atoms with E-state index in [4.69, 9.17) is 0 Å². The Morgan fingerprint density at radius 1 is 1.06 bits per heavy atom. The highest BCUT2D eigenvalue weighted by Gasteiger charge is 2.30. The fourth-order valence-corrected chi connectivity index (χ4v) is 3.34. The number of sulfone groups is 1. The molecular weight excluding hydrogens is 431 g/mol. The Bertz CT molecular complexity index is 1200. The SMILES string of the molecule is CS(=O)(=O)CCNC(=O)c1cnc(-c2cccc(C(F)(F)F)c2)c(-c2ccncc2)c1. The average Bonchev–Trinajstić information content (AvgIpc) is 2.72. The van der Waals surface area contributed by atoms with Crippen LogP contribution in [0.15, 0.2) is 61.1 Å². The predicted molar refractivity (Wildman–Crippen MR) is 110 cm³/mol. The van der Waals surface area contributed by atoms with Crippen LogP contribution in [0.5, 0.6) is 0 Å². The van der Waals surface area contributed by atoms with Gasteiger partial charge in [0.1, 0.15) is 9.84 Å². The number of halogens is 3. The number of pyridine rings is 2. The molecule has 162 valence electrons. The maximum Gasteiger partial charge on any atom is 0.416 e. The maximum absolute atomic E-state index is 13.2. The molecule has 10 heteroatoms. The molecule has 0 saturated heterocycles. The van der Waals surface area contributed by atoms with Crippen molar-refractivity contribution < 1.29 is 26.4 Å². The lowest BCUT2D eigenvalue weighted by molar-refractivity contribution is -0.137. The molecule has 0 bridgehead atoms. The van der Waals surface area contributed by atoms with Gasteiger partial charge in [0, 0.05) is 42.5 Å². The van der Waals surface area contributed by atoms with Crippen LogP contribution in [-0.4, -0.2) is 42.8 Å². The summed E-state index contributed by atoms with van der Waals surface area (Å²) in [6, 6.07) is 9.58. The predicted octanol–water partition coefficient (Wildman–Crippen LogP) is 3.60. The van der Waals surface area contributed by atoms with E-state index in [1.54, 1.807) is 12.1 Å². The first-order valence-corrected chi connectivity index (χ1v) is 11.1. The standard InChI is InChI=1S/C21H18F3N3O3S/c1-31(29,30)10-9-26-20(28)16-12-18(14-5-7-25-8-6-14)19(27-13-16)15-3-2-4-17(11-15)21(22,23)24/h2-8,11-13H,9-10H2,1H3,(H,26,28). The van der Waals surface area contributed by atoms with E-state index in [2.05, 4.69) is 15.3 Å². The zero-order valence-electron chi connectivity index (χ0n) is 16.3. The normalized spacial score (nSPS) is 11.9. The highest BCUT2D eigenvalue weighted by atomic mass is 32.2. The van der Waals surface area contributed by atoms with Gasteiger partial charge in [0.15, 0.2) is 0 Å². The Kier molecular flexibility index (Phi) is 6.40. The van der Waals surface area contributed by atoms with Crippen molar-refractivity contribution in [2.24, 2.45) is 0 Å². The van der Waals surface area contributed by atoms with E-state index in [9.17, 15) is 26.4 Å². The number of rotatable bonds is 6. The van der Waals surface area contributed by atoms with Crippen molar-refractivity contribution in [2.45, 2.75) is 6.18 Å². The first-order chi connectivity index (χ1) is 14.5.